The molecule has 148 valence electrons. The molecule has 0 atom stereocenters. The van der Waals surface area contributed by atoms with Crippen molar-refractivity contribution in [1.29, 1.82) is 0 Å². The summed E-state index contributed by atoms with van der Waals surface area (Å²) in [6, 6.07) is 19.8. The first kappa shape index (κ1) is 18.6. The Balaban J connectivity index is 1.54. The van der Waals surface area contributed by atoms with Gasteiger partial charge in [-0.25, -0.2) is 9.18 Å². The van der Waals surface area contributed by atoms with E-state index in [0.717, 1.165) is 21.7 Å². The van der Waals surface area contributed by atoms with Gasteiger partial charge in [-0.1, -0.05) is 54.2 Å². The molecule has 0 spiro atoms. The minimum Gasteiger partial charge on any atom is -0.423 e. The second-order valence-corrected chi connectivity index (χ2v) is 7.83. The molecule has 30 heavy (non-hydrogen) atoms. The van der Waals surface area contributed by atoms with Crippen molar-refractivity contribution in [2.75, 3.05) is 0 Å². The van der Waals surface area contributed by atoms with Crippen LogP contribution in [0.25, 0.3) is 33.1 Å². The Morgan fingerprint density at radius 3 is 2.70 bits per heavy atom. The van der Waals surface area contributed by atoms with Gasteiger partial charge in [0.25, 0.3) is 0 Å². The van der Waals surface area contributed by atoms with Crippen molar-refractivity contribution in [1.82, 2.24) is 14.8 Å². The highest BCUT2D eigenvalue weighted by Crippen LogP contribution is 2.32. The van der Waals surface area contributed by atoms with Crippen LogP contribution in [0.5, 0.6) is 0 Å². The van der Waals surface area contributed by atoms with Crippen molar-refractivity contribution in [3.63, 3.8) is 0 Å². The van der Waals surface area contributed by atoms with Crippen LogP contribution in [-0.2, 0) is 12.8 Å². The van der Waals surface area contributed by atoms with E-state index in [4.69, 9.17) is 4.42 Å². The Morgan fingerprint density at radius 1 is 1.03 bits per heavy atom. The average molecular weight is 417 g/mol. The number of hydrogen-bond acceptors (Lipinski definition) is 5. The number of hydrogen-bond donors (Lipinski definition) is 0. The molecule has 0 bridgehead atoms. The Labute approximate surface area is 175 Å². The van der Waals surface area contributed by atoms with Gasteiger partial charge in [0.2, 0.25) is 0 Å². The van der Waals surface area contributed by atoms with Crippen molar-refractivity contribution < 1.29 is 8.81 Å². The molecule has 0 unspecified atom stereocenters. The zero-order valence-electron chi connectivity index (χ0n) is 16.0. The lowest BCUT2D eigenvalue weighted by Gasteiger charge is -2.09. The Morgan fingerprint density at radius 2 is 1.83 bits per heavy atom. The van der Waals surface area contributed by atoms with Crippen LogP contribution in [0.15, 0.2) is 81.1 Å². The summed E-state index contributed by atoms with van der Waals surface area (Å²) in [5.74, 6) is 0.612. The van der Waals surface area contributed by atoms with E-state index in [1.165, 1.54) is 23.9 Å². The van der Waals surface area contributed by atoms with E-state index in [-0.39, 0.29) is 5.82 Å². The molecular formula is C23H16FN3O2S. The van der Waals surface area contributed by atoms with Gasteiger partial charge in [-0.2, -0.15) is 0 Å². The summed E-state index contributed by atoms with van der Waals surface area (Å²) in [5, 5.41) is 12.0. The highest BCUT2D eigenvalue weighted by molar-refractivity contribution is 7.98. The van der Waals surface area contributed by atoms with E-state index >= 15 is 0 Å². The summed E-state index contributed by atoms with van der Waals surface area (Å²) in [4.78, 5) is 12.1. The van der Waals surface area contributed by atoms with Crippen molar-refractivity contribution in [3.05, 3.63) is 88.5 Å². The Bertz CT molecular complexity index is 1460. The van der Waals surface area contributed by atoms with Crippen molar-refractivity contribution in [2.45, 2.75) is 10.9 Å². The third kappa shape index (κ3) is 3.17. The lowest BCUT2D eigenvalue weighted by Crippen LogP contribution is -2.01. The fraction of sp³-hybridized carbons (Fsp3) is 0.0870. The predicted octanol–water partition coefficient (Wildman–Crippen LogP) is 5.17. The molecule has 5 nitrogen and oxygen atoms in total. The van der Waals surface area contributed by atoms with Gasteiger partial charge >= 0.3 is 5.63 Å². The van der Waals surface area contributed by atoms with Crippen molar-refractivity contribution >= 4 is 33.5 Å². The summed E-state index contributed by atoms with van der Waals surface area (Å²) < 4.78 is 21.3. The molecule has 2 aromatic heterocycles. The van der Waals surface area contributed by atoms with Crippen LogP contribution >= 0.6 is 11.8 Å². The summed E-state index contributed by atoms with van der Waals surface area (Å²) in [7, 11) is 1.80. The highest BCUT2D eigenvalue weighted by Gasteiger charge is 2.16. The molecule has 3 aromatic carbocycles. The molecule has 0 saturated heterocycles. The molecule has 0 saturated carbocycles. The minimum absolute atomic E-state index is 0.345. The number of halogens is 1. The highest BCUT2D eigenvalue weighted by atomic mass is 32.2. The van der Waals surface area contributed by atoms with Gasteiger partial charge < -0.3 is 8.98 Å². The van der Waals surface area contributed by atoms with Gasteiger partial charge in [0.15, 0.2) is 11.0 Å². The zero-order valence-corrected chi connectivity index (χ0v) is 16.8. The normalized spacial score (nSPS) is 11.4. The van der Waals surface area contributed by atoms with E-state index in [0.29, 0.717) is 27.9 Å². The molecule has 2 heterocycles. The van der Waals surface area contributed by atoms with Crippen LogP contribution in [0.1, 0.15) is 5.56 Å². The van der Waals surface area contributed by atoms with Gasteiger partial charge in [0, 0.05) is 24.3 Å². The first-order valence-corrected chi connectivity index (χ1v) is 10.3. The maximum absolute atomic E-state index is 14.1. The molecule has 0 amide bonds. The average Bonchev–Trinajstić information content (AvgIpc) is 3.12. The van der Waals surface area contributed by atoms with E-state index in [1.807, 2.05) is 36.4 Å². The number of nitrogens with zero attached hydrogens (tertiary/aromatic N) is 3. The maximum Gasteiger partial charge on any atom is 0.336 e. The van der Waals surface area contributed by atoms with E-state index < -0.39 is 5.63 Å². The summed E-state index contributed by atoms with van der Waals surface area (Å²) in [6.07, 6.45) is 0. The molecule has 7 heteroatoms. The number of thioether (sulfide) groups is 1. The fourth-order valence-electron chi connectivity index (χ4n) is 3.59. The molecule has 0 N–H and O–H groups in total. The first-order chi connectivity index (χ1) is 14.6. The SMILES string of the molecule is Cn1c(SCc2cc(=O)oc3ccc4ccccc4c23)nnc1-c1ccccc1F. The number of benzene rings is 3. The topological polar surface area (TPSA) is 60.9 Å². The van der Waals surface area contributed by atoms with Crippen LogP contribution in [0.2, 0.25) is 0 Å². The van der Waals surface area contributed by atoms with Crippen molar-refractivity contribution in [3.8, 4) is 11.4 Å². The van der Waals surface area contributed by atoms with E-state index in [9.17, 15) is 9.18 Å². The van der Waals surface area contributed by atoms with E-state index in [2.05, 4.69) is 10.2 Å². The molecular weight excluding hydrogens is 401 g/mol. The number of fused-ring (bicyclic) bond motifs is 3. The second-order valence-electron chi connectivity index (χ2n) is 6.88. The monoisotopic (exact) mass is 417 g/mol. The first-order valence-electron chi connectivity index (χ1n) is 9.33. The van der Waals surface area contributed by atoms with Crippen LogP contribution in [0, 0.1) is 5.82 Å². The van der Waals surface area contributed by atoms with Gasteiger partial charge in [-0.3, -0.25) is 0 Å². The van der Waals surface area contributed by atoms with Gasteiger partial charge in [0.05, 0.1) is 5.56 Å². The van der Waals surface area contributed by atoms with Crippen LogP contribution in [0.3, 0.4) is 0 Å². The molecule has 5 aromatic rings. The molecule has 0 aliphatic rings. The molecule has 5 rings (SSSR count). The van der Waals surface area contributed by atoms with Crippen LogP contribution < -0.4 is 5.63 Å². The minimum atomic E-state index is -0.390. The third-order valence-corrected chi connectivity index (χ3v) is 6.09. The van der Waals surface area contributed by atoms with Gasteiger partial charge in [-0.15, -0.1) is 10.2 Å². The maximum atomic E-state index is 14.1. The zero-order chi connectivity index (χ0) is 20.7. The summed E-state index contributed by atoms with van der Waals surface area (Å²) in [5.41, 5.74) is 1.43. The number of aromatic nitrogens is 3. The predicted molar refractivity (Wildman–Crippen MR) is 116 cm³/mol. The molecule has 0 aliphatic heterocycles. The van der Waals surface area contributed by atoms with E-state index in [1.54, 1.807) is 29.8 Å². The molecule has 0 aliphatic carbocycles. The Hall–Kier alpha value is -3.45. The summed E-state index contributed by atoms with van der Waals surface area (Å²) >= 11 is 1.44. The third-order valence-electron chi connectivity index (χ3n) is 5.02. The second kappa shape index (κ2) is 7.42. The molecule has 0 radical (unpaired) electrons. The molecule has 0 fully saturated rings. The Kier molecular flexibility index (Phi) is 4.59. The lowest BCUT2D eigenvalue weighted by atomic mass is 10.0. The largest absolute Gasteiger partial charge is 0.423 e. The van der Waals surface area contributed by atoms with Crippen molar-refractivity contribution in [2.24, 2.45) is 7.05 Å². The fourth-order valence-corrected chi connectivity index (χ4v) is 4.48. The lowest BCUT2D eigenvalue weighted by molar-refractivity contribution is 0.560. The van der Waals surface area contributed by atoms with Gasteiger partial charge in [-0.05, 0) is 34.5 Å². The quantitative estimate of drug-likeness (QED) is 0.229. The smallest absolute Gasteiger partial charge is 0.336 e. The number of rotatable bonds is 4. The summed E-state index contributed by atoms with van der Waals surface area (Å²) in [6.45, 7) is 0. The van der Waals surface area contributed by atoms with Gasteiger partial charge in [0.1, 0.15) is 11.4 Å². The standard InChI is InChI=1S/C23H16FN3O2S/c1-27-22(17-8-4-5-9-18(17)24)25-26-23(27)30-13-15-12-20(28)29-19-11-10-14-6-2-3-7-16(14)21(15)19/h2-12H,13H2,1H3. The van der Waals surface area contributed by atoms with Crippen LogP contribution in [0.4, 0.5) is 4.39 Å². The van der Waals surface area contributed by atoms with Crippen LogP contribution in [-0.4, -0.2) is 14.8 Å².